The molecule has 2 amide bonds. The monoisotopic (exact) mass is 350 g/mol. The van der Waals surface area contributed by atoms with E-state index in [1.54, 1.807) is 35.7 Å². The molecule has 0 aliphatic heterocycles. The van der Waals surface area contributed by atoms with Crippen molar-refractivity contribution in [3.63, 3.8) is 0 Å². The van der Waals surface area contributed by atoms with Crippen LogP contribution in [0.25, 0.3) is 0 Å². The lowest BCUT2D eigenvalue weighted by Crippen LogP contribution is -2.18. The minimum Gasteiger partial charge on any atom is -0.322 e. The Morgan fingerprint density at radius 1 is 0.880 bits per heavy atom. The molecule has 0 saturated carbocycles. The fourth-order valence-electron chi connectivity index (χ4n) is 2.44. The quantitative estimate of drug-likeness (QED) is 0.705. The summed E-state index contributed by atoms with van der Waals surface area (Å²) in [6.45, 7) is 3.92. The second-order valence-electron chi connectivity index (χ2n) is 5.78. The van der Waals surface area contributed by atoms with Gasteiger partial charge in [-0.2, -0.15) is 11.3 Å². The van der Waals surface area contributed by atoms with Crippen molar-refractivity contribution in [3.8, 4) is 0 Å². The van der Waals surface area contributed by atoms with Gasteiger partial charge in [-0.1, -0.05) is 24.3 Å². The predicted molar refractivity (Wildman–Crippen MR) is 103 cm³/mol. The van der Waals surface area contributed by atoms with Crippen LogP contribution >= 0.6 is 11.3 Å². The van der Waals surface area contributed by atoms with E-state index in [-0.39, 0.29) is 11.8 Å². The van der Waals surface area contributed by atoms with Gasteiger partial charge >= 0.3 is 0 Å². The molecule has 0 unspecified atom stereocenters. The average Bonchev–Trinajstić information content (AvgIpc) is 3.13. The molecule has 3 aromatic rings. The molecule has 4 nitrogen and oxygen atoms in total. The van der Waals surface area contributed by atoms with Gasteiger partial charge in [-0.3, -0.25) is 9.59 Å². The molecule has 0 spiro atoms. The zero-order chi connectivity index (χ0) is 17.8. The van der Waals surface area contributed by atoms with Crippen LogP contribution in [0.2, 0.25) is 0 Å². The van der Waals surface area contributed by atoms with Crippen molar-refractivity contribution in [2.45, 2.75) is 13.8 Å². The second kappa shape index (κ2) is 7.32. The van der Waals surface area contributed by atoms with Gasteiger partial charge in [0.1, 0.15) is 0 Å². The molecule has 0 bridgehead atoms. The summed E-state index contributed by atoms with van der Waals surface area (Å²) in [5.41, 5.74) is 4.31. The Kier molecular flexibility index (Phi) is 4.95. The molecular weight excluding hydrogens is 332 g/mol. The molecule has 126 valence electrons. The molecule has 0 atom stereocenters. The summed E-state index contributed by atoms with van der Waals surface area (Å²) in [6, 6.07) is 14.6. The number of nitrogens with one attached hydrogen (secondary N) is 2. The smallest absolute Gasteiger partial charge is 0.257 e. The van der Waals surface area contributed by atoms with Gasteiger partial charge in [0.25, 0.3) is 11.8 Å². The summed E-state index contributed by atoms with van der Waals surface area (Å²) in [4.78, 5) is 25.0. The molecular formula is C20H18N2O2S. The lowest BCUT2D eigenvalue weighted by atomic mass is 10.1. The first-order chi connectivity index (χ1) is 12.0. The van der Waals surface area contributed by atoms with Crippen LogP contribution in [0.4, 0.5) is 11.4 Å². The topological polar surface area (TPSA) is 58.2 Å². The van der Waals surface area contributed by atoms with Gasteiger partial charge in [0.2, 0.25) is 0 Å². The van der Waals surface area contributed by atoms with Crippen LogP contribution in [0.15, 0.2) is 59.3 Å². The normalized spacial score (nSPS) is 10.3. The maximum absolute atomic E-state index is 12.7. The Morgan fingerprint density at radius 3 is 2.40 bits per heavy atom. The van der Waals surface area contributed by atoms with E-state index in [0.29, 0.717) is 16.8 Å². The summed E-state index contributed by atoms with van der Waals surface area (Å²) in [5.74, 6) is -0.483. The first-order valence-corrected chi connectivity index (χ1v) is 8.80. The Bertz CT molecular complexity index is 917. The van der Waals surface area contributed by atoms with E-state index in [1.807, 2.05) is 37.4 Å². The largest absolute Gasteiger partial charge is 0.322 e. The Hall–Kier alpha value is -2.92. The van der Waals surface area contributed by atoms with E-state index in [9.17, 15) is 9.59 Å². The van der Waals surface area contributed by atoms with Gasteiger partial charge in [-0.25, -0.2) is 0 Å². The zero-order valence-electron chi connectivity index (χ0n) is 14.0. The fraction of sp³-hybridized carbons (Fsp3) is 0.100. The van der Waals surface area contributed by atoms with Crippen LogP contribution in [-0.4, -0.2) is 11.8 Å². The predicted octanol–water partition coefficient (Wildman–Crippen LogP) is 4.87. The Morgan fingerprint density at radius 2 is 1.64 bits per heavy atom. The molecule has 3 rings (SSSR count). The summed E-state index contributed by atoms with van der Waals surface area (Å²) in [5, 5.41) is 9.35. The molecule has 5 heteroatoms. The molecule has 0 radical (unpaired) electrons. The number of para-hydroxylation sites is 1. The summed E-state index contributed by atoms with van der Waals surface area (Å²) in [6.07, 6.45) is 0. The van der Waals surface area contributed by atoms with Gasteiger partial charge in [-0.15, -0.1) is 0 Å². The highest BCUT2D eigenvalue weighted by atomic mass is 32.1. The lowest BCUT2D eigenvalue weighted by molar-refractivity contribution is 0.102. The maximum atomic E-state index is 12.7. The number of amides is 2. The minimum atomic E-state index is -0.255. The summed E-state index contributed by atoms with van der Waals surface area (Å²) < 4.78 is 0. The van der Waals surface area contributed by atoms with Crippen molar-refractivity contribution in [1.29, 1.82) is 0 Å². The first-order valence-electron chi connectivity index (χ1n) is 7.86. The molecule has 0 fully saturated rings. The van der Waals surface area contributed by atoms with Crippen molar-refractivity contribution in [3.05, 3.63) is 81.5 Å². The van der Waals surface area contributed by atoms with E-state index in [4.69, 9.17) is 0 Å². The van der Waals surface area contributed by atoms with Gasteiger partial charge in [0.15, 0.2) is 0 Å². The van der Waals surface area contributed by atoms with Crippen LogP contribution < -0.4 is 10.6 Å². The van der Waals surface area contributed by atoms with Gasteiger partial charge < -0.3 is 10.6 Å². The van der Waals surface area contributed by atoms with Crippen molar-refractivity contribution in [2.24, 2.45) is 0 Å². The van der Waals surface area contributed by atoms with Crippen LogP contribution in [0, 0.1) is 13.8 Å². The van der Waals surface area contributed by atoms with Crippen molar-refractivity contribution in [2.75, 3.05) is 10.6 Å². The van der Waals surface area contributed by atoms with Gasteiger partial charge in [0, 0.05) is 11.1 Å². The summed E-state index contributed by atoms with van der Waals surface area (Å²) in [7, 11) is 0. The molecule has 2 aromatic carbocycles. The lowest BCUT2D eigenvalue weighted by Gasteiger charge is -2.13. The molecule has 2 N–H and O–H groups in total. The molecule has 25 heavy (non-hydrogen) atoms. The van der Waals surface area contributed by atoms with E-state index in [1.165, 1.54) is 11.3 Å². The number of hydrogen-bond acceptors (Lipinski definition) is 3. The molecule has 1 heterocycles. The number of hydrogen-bond donors (Lipinski definition) is 2. The highest BCUT2D eigenvalue weighted by molar-refractivity contribution is 7.08. The molecule has 1 aromatic heterocycles. The highest BCUT2D eigenvalue weighted by Gasteiger charge is 2.15. The number of thiophene rings is 1. The Balaban J connectivity index is 1.83. The summed E-state index contributed by atoms with van der Waals surface area (Å²) >= 11 is 1.45. The maximum Gasteiger partial charge on any atom is 0.257 e. The van der Waals surface area contributed by atoms with Crippen molar-refractivity contribution in [1.82, 2.24) is 0 Å². The van der Waals surface area contributed by atoms with Gasteiger partial charge in [0.05, 0.1) is 16.8 Å². The number of carbonyl (C=O) groups excluding carboxylic acids is 2. The average molecular weight is 350 g/mol. The zero-order valence-corrected chi connectivity index (χ0v) is 14.8. The Labute approximate surface area is 150 Å². The SMILES string of the molecule is Cc1ccc(C)c(NC(=O)c2ccccc2NC(=O)c2ccsc2)c1. The van der Waals surface area contributed by atoms with Crippen molar-refractivity contribution < 1.29 is 9.59 Å². The van der Waals surface area contributed by atoms with Crippen LogP contribution in [0.3, 0.4) is 0 Å². The number of anilines is 2. The molecule has 0 saturated heterocycles. The number of benzene rings is 2. The van der Waals surface area contributed by atoms with E-state index < -0.39 is 0 Å². The second-order valence-corrected chi connectivity index (χ2v) is 6.56. The van der Waals surface area contributed by atoms with Crippen LogP contribution in [0.5, 0.6) is 0 Å². The highest BCUT2D eigenvalue weighted by Crippen LogP contribution is 2.21. The fourth-order valence-corrected chi connectivity index (χ4v) is 3.07. The van der Waals surface area contributed by atoms with E-state index in [0.717, 1.165) is 16.8 Å². The van der Waals surface area contributed by atoms with Crippen LogP contribution in [0.1, 0.15) is 31.8 Å². The number of rotatable bonds is 4. The van der Waals surface area contributed by atoms with Crippen molar-refractivity contribution >= 4 is 34.5 Å². The standard InChI is InChI=1S/C20H18N2O2S/c1-13-7-8-14(2)18(11-13)22-20(24)16-5-3-4-6-17(16)21-19(23)15-9-10-25-12-15/h3-12H,1-2H3,(H,21,23)(H,22,24). The number of carbonyl (C=O) groups is 2. The first kappa shape index (κ1) is 16.9. The molecule has 0 aliphatic rings. The van der Waals surface area contributed by atoms with E-state index in [2.05, 4.69) is 10.6 Å². The third-order valence-electron chi connectivity index (χ3n) is 3.84. The van der Waals surface area contributed by atoms with E-state index >= 15 is 0 Å². The minimum absolute atomic E-state index is 0.228. The van der Waals surface area contributed by atoms with Crippen LogP contribution in [-0.2, 0) is 0 Å². The molecule has 0 aliphatic carbocycles. The third kappa shape index (κ3) is 3.95. The van der Waals surface area contributed by atoms with Gasteiger partial charge in [-0.05, 0) is 54.6 Å². The third-order valence-corrected chi connectivity index (χ3v) is 4.53. The number of aryl methyl sites for hydroxylation is 2.